The van der Waals surface area contributed by atoms with Crippen LogP contribution in [0.3, 0.4) is 0 Å². The fourth-order valence-corrected chi connectivity index (χ4v) is 1.60. The fourth-order valence-electron chi connectivity index (χ4n) is 1.60. The summed E-state index contributed by atoms with van der Waals surface area (Å²) in [6.07, 6.45) is 1.59. The highest BCUT2D eigenvalue weighted by atomic mass is 16.5. The van der Waals surface area contributed by atoms with Gasteiger partial charge in [0.25, 0.3) is 0 Å². The van der Waals surface area contributed by atoms with Crippen molar-refractivity contribution in [1.82, 2.24) is 10.6 Å². The Labute approximate surface area is 121 Å². The smallest absolute Gasteiger partial charge is 0.314 e. The minimum Gasteiger partial charge on any atom is -0.481 e. The molecule has 0 aromatic heterocycles. The number of hydrogen-bond acceptors (Lipinski definition) is 3. The van der Waals surface area contributed by atoms with Gasteiger partial charge in [-0.05, 0) is 18.3 Å². The van der Waals surface area contributed by atoms with Crippen molar-refractivity contribution < 1.29 is 19.4 Å². The zero-order valence-electron chi connectivity index (χ0n) is 12.8. The van der Waals surface area contributed by atoms with Gasteiger partial charge in [0.15, 0.2) is 0 Å². The van der Waals surface area contributed by atoms with Gasteiger partial charge in [-0.1, -0.05) is 27.2 Å². The van der Waals surface area contributed by atoms with Crippen molar-refractivity contribution in [2.24, 2.45) is 11.8 Å². The van der Waals surface area contributed by atoms with E-state index in [9.17, 15) is 9.59 Å². The summed E-state index contributed by atoms with van der Waals surface area (Å²) in [7, 11) is 0. The minimum atomic E-state index is -0.832. The molecule has 0 aliphatic rings. The summed E-state index contributed by atoms with van der Waals surface area (Å²) in [6, 6.07) is -0.252. The highest BCUT2D eigenvalue weighted by Gasteiger charge is 2.12. The molecule has 0 spiro atoms. The van der Waals surface area contributed by atoms with Crippen LogP contribution in [0.25, 0.3) is 0 Å². The molecular formula is C14H28N2O4. The highest BCUT2D eigenvalue weighted by Crippen LogP contribution is 2.06. The Bertz CT molecular complexity index is 282. The number of carboxylic acid groups (broad SMARTS) is 1. The number of hydrogen-bond donors (Lipinski definition) is 3. The second-order valence-electron chi connectivity index (χ2n) is 5.33. The molecule has 0 aromatic carbocycles. The Morgan fingerprint density at radius 3 is 2.50 bits per heavy atom. The van der Waals surface area contributed by atoms with E-state index in [0.717, 1.165) is 19.4 Å². The number of rotatable bonds is 11. The molecule has 0 aliphatic carbocycles. The summed E-state index contributed by atoms with van der Waals surface area (Å²) in [5, 5.41) is 14.1. The number of urea groups is 1. The van der Waals surface area contributed by atoms with Gasteiger partial charge in [-0.25, -0.2) is 4.79 Å². The largest absolute Gasteiger partial charge is 0.481 e. The molecule has 0 saturated carbocycles. The van der Waals surface area contributed by atoms with Crippen LogP contribution < -0.4 is 10.6 Å². The van der Waals surface area contributed by atoms with Gasteiger partial charge in [0, 0.05) is 32.7 Å². The van der Waals surface area contributed by atoms with Gasteiger partial charge in [0.2, 0.25) is 0 Å². The normalized spacial score (nSPS) is 12.2. The maximum atomic E-state index is 11.5. The molecule has 6 heteroatoms. The van der Waals surface area contributed by atoms with E-state index in [4.69, 9.17) is 9.84 Å². The second-order valence-corrected chi connectivity index (χ2v) is 5.33. The summed E-state index contributed by atoms with van der Waals surface area (Å²) >= 11 is 0. The number of amides is 2. The van der Waals surface area contributed by atoms with Gasteiger partial charge in [0.1, 0.15) is 0 Å². The molecular weight excluding hydrogens is 260 g/mol. The van der Waals surface area contributed by atoms with Crippen LogP contribution in [0.5, 0.6) is 0 Å². The lowest BCUT2D eigenvalue weighted by atomic mass is 10.0. The fraction of sp³-hybridized carbons (Fsp3) is 0.857. The van der Waals surface area contributed by atoms with Crippen LogP contribution in [-0.2, 0) is 9.53 Å². The van der Waals surface area contributed by atoms with Gasteiger partial charge in [0.05, 0.1) is 0 Å². The predicted octanol–water partition coefficient (Wildman–Crippen LogP) is 1.85. The van der Waals surface area contributed by atoms with Crippen LogP contribution >= 0.6 is 0 Å². The molecule has 6 nitrogen and oxygen atoms in total. The van der Waals surface area contributed by atoms with E-state index in [1.165, 1.54) is 0 Å². The van der Waals surface area contributed by atoms with Crippen LogP contribution in [0.4, 0.5) is 4.79 Å². The van der Waals surface area contributed by atoms with Crippen molar-refractivity contribution >= 4 is 12.0 Å². The van der Waals surface area contributed by atoms with E-state index < -0.39 is 5.97 Å². The summed E-state index contributed by atoms with van der Waals surface area (Å²) < 4.78 is 5.40. The number of carbonyl (C=O) groups is 2. The SMILES string of the molecule is CCC(CNC(=O)NCCCOCC(C)C)CC(=O)O. The lowest BCUT2D eigenvalue weighted by Gasteiger charge is -2.14. The van der Waals surface area contributed by atoms with E-state index in [-0.39, 0.29) is 18.4 Å². The van der Waals surface area contributed by atoms with Crippen molar-refractivity contribution in [2.75, 3.05) is 26.3 Å². The minimum absolute atomic E-state index is 0.0207. The molecule has 0 heterocycles. The summed E-state index contributed by atoms with van der Waals surface area (Å²) in [4.78, 5) is 22.1. The number of carboxylic acids is 1. The van der Waals surface area contributed by atoms with Gasteiger partial charge < -0.3 is 20.5 Å². The molecule has 1 atom stereocenters. The van der Waals surface area contributed by atoms with Crippen molar-refractivity contribution in [2.45, 2.75) is 40.0 Å². The van der Waals surface area contributed by atoms with Crippen molar-refractivity contribution in [3.05, 3.63) is 0 Å². The monoisotopic (exact) mass is 288 g/mol. The lowest BCUT2D eigenvalue weighted by molar-refractivity contribution is -0.138. The molecule has 118 valence electrons. The van der Waals surface area contributed by atoms with Crippen LogP contribution in [0, 0.1) is 11.8 Å². The molecule has 0 fully saturated rings. The van der Waals surface area contributed by atoms with Crippen LogP contribution in [0.15, 0.2) is 0 Å². The Balaban J connectivity index is 3.55. The molecule has 0 rings (SSSR count). The molecule has 0 radical (unpaired) electrons. The second kappa shape index (κ2) is 11.5. The molecule has 1 unspecified atom stereocenters. The summed E-state index contributed by atoms with van der Waals surface area (Å²) in [5.41, 5.74) is 0. The van der Waals surface area contributed by atoms with Gasteiger partial charge in [-0.2, -0.15) is 0 Å². The molecule has 0 aliphatic heterocycles. The number of carbonyl (C=O) groups excluding carboxylic acids is 1. The third-order valence-electron chi connectivity index (χ3n) is 2.79. The summed E-state index contributed by atoms with van der Waals surface area (Å²) in [5.74, 6) is -0.333. The number of ether oxygens (including phenoxy) is 1. The van der Waals surface area contributed by atoms with Crippen LogP contribution in [-0.4, -0.2) is 43.4 Å². The van der Waals surface area contributed by atoms with E-state index in [1.54, 1.807) is 0 Å². The molecule has 2 amide bonds. The van der Waals surface area contributed by atoms with E-state index in [1.807, 2.05) is 6.92 Å². The first-order chi connectivity index (χ1) is 9.45. The first-order valence-electron chi connectivity index (χ1n) is 7.26. The van der Waals surface area contributed by atoms with Crippen LogP contribution in [0.1, 0.15) is 40.0 Å². The summed E-state index contributed by atoms with van der Waals surface area (Å²) in [6.45, 7) is 8.41. The van der Waals surface area contributed by atoms with E-state index >= 15 is 0 Å². The molecule has 0 bridgehead atoms. The molecule has 0 aromatic rings. The molecule has 20 heavy (non-hydrogen) atoms. The van der Waals surface area contributed by atoms with E-state index in [2.05, 4.69) is 24.5 Å². The zero-order valence-corrected chi connectivity index (χ0v) is 12.8. The first-order valence-corrected chi connectivity index (χ1v) is 7.26. The van der Waals surface area contributed by atoms with Crippen LogP contribution in [0.2, 0.25) is 0 Å². The Morgan fingerprint density at radius 1 is 1.25 bits per heavy atom. The number of aliphatic carboxylic acids is 1. The zero-order chi connectivity index (χ0) is 15.4. The molecule has 3 N–H and O–H groups in total. The average molecular weight is 288 g/mol. The molecule has 0 saturated heterocycles. The van der Waals surface area contributed by atoms with Crippen molar-refractivity contribution in [3.8, 4) is 0 Å². The Kier molecular flexibility index (Phi) is 10.8. The Morgan fingerprint density at radius 2 is 1.95 bits per heavy atom. The topological polar surface area (TPSA) is 87.7 Å². The highest BCUT2D eigenvalue weighted by molar-refractivity contribution is 5.74. The van der Waals surface area contributed by atoms with Gasteiger partial charge in [-0.15, -0.1) is 0 Å². The quantitative estimate of drug-likeness (QED) is 0.506. The third kappa shape index (κ3) is 11.8. The predicted molar refractivity (Wildman–Crippen MR) is 77.7 cm³/mol. The Hall–Kier alpha value is -1.30. The van der Waals surface area contributed by atoms with Gasteiger partial charge in [-0.3, -0.25) is 4.79 Å². The first kappa shape index (κ1) is 18.7. The van der Waals surface area contributed by atoms with Crippen molar-refractivity contribution in [1.29, 1.82) is 0 Å². The lowest BCUT2D eigenvalue weighted by Crippen LogP contribution is -2.39. The third-order valence-corrected chi connectivity index (χ3v) is 2.79. The maximum absolute atomic E-state index is 11.5. The number of nitrogens with one attached hydrogen (secondary N) is 2. The van der Waals surface area contributed by atoms with Crippen molar-refractivity contribution in [3.63, 3.8) is 0 Å². The van der Waals surface area contributed by atoms with E-state index in [0.29, 0.717) is 25.6 Å². The average Bonchev–Trinajstić information content (AvgIpc) is 2.37. The maximum Gasteiger partial charge on any atom is 0.314 e. The van der Waals surface area contributed by atoms with Gasteiger partial charge >= 0.3 is 12.0 Å². The standard InChI is InChI=1S/C14H28N2O4/c1-4-12(8-13(17)18)9-16-14(19)15-6-5-7-20-10-11(2)3/h11-12H,4-10H2,1-3H3,(H,17,18)(H2,15,16,19).